The molecule has 0 aromatic heterocycles. The van der Waals surface area contributed by atoms with Gasteiger partial charge < -0.3 is 5.73 Å². The number of halogens is 3. The molecule has 7 nitrogen and oxygen atoms in total. The molecule has 1 heterocycles. The molecule has 1 aliphatic carbocycles. The molecule has 1 aliphatic heterocycles. The zero-order valence-corrected chi connectivity index (χ0v) is 18.9. The van der Waals surface area contributed by atoms with E-state index in [0.29, 0.717) is 17.7 Å². The Morgan fingerprint density at radius 3 is 2.40 bits per heavy atom. The number of alkyl halides is 3. The van der Waals surface area contributed by atoms with Gasteiger partial charge in [0.15, 0.2) is 5.78 Å². The first-order valence-electron chi connectivity index (χ1n) is 10.7. The quantitative estimate of drug-likeness (QED) is 0.453. The Labute approximate surface area is 199 Å². The van der Waals surface area contributed by atoms with Crippen molar-refractivity contribution in [1.29, 1.82) is 5.26 Å². The molecular weight excluding hydrogens is 461 g/mol. The van der Waals surface area contributed by atoms with Crippen LogP contribution in [-0.4, -0.2) is 10.7 Å². The fraction of sp³-hybridized carbons (Fsp3) is 0.280. The molecule has 35 heavy (non-hydrogen) atoms. The molecular formula is C25H21F3N4O3. The number of benzene rings is 2. The van der Waals surface area contributed by atoms with Crippen LogP contribution in [0.3, 0.4) is 0 Å². The molecule has 0 spiro atoms. The smallest absolute Gasteiger partial charge is 0.384 e. The van der Waals surface area contributed by atoms with Crippen molar-refractivity contribution in [1.82, 2.24) is 0 Å². The van der Waals surface area contributed by atoms with E-state index in [0.717, 1.165) is 12.1 Å². The molecule has 0 saturated heterocycles. The number of non-ortho nitro benzene ring substituents is 1. The summed E-state index contributed by atoms with van der Waals surface area (Å²) in [6, 6.07) is 12.1. The molecule has 2 aromatic carbocycles. The van der Waals surface area contributed by atoms with Gasteiger partial charge in [-0.3, -0.25) is 19.8 Å². The van der Waals surface area contributed by atoms with Gasteiger partial charge in [0.25, 0.3) is 5.69 Å². The second kappa shape index (κ2) is 8.27. The van der Waals surface area contributed by atoms with Gasteiger partial charge in [-0.2, -0.15) is 18.4 Å². The summed E-state index contributed by atoms with van der Waals surface area (Å²) in [5.74, 6) is -1.22. The molecule has 2 aliphatic rings. The van der Waals surface area contributed by atoms with Crippen LogP contribution in [0.4, 0.5) is 24.5 Å². The summed E-state index contributed by atoms with van der Waals surface area (Å²) in [6.45, 7) is 3.75. The van der Waals surface area contributed by atoms with E-state index in [1.54, 1.807) is 0 Å². The second-order valence-corrected chi connectivity index (χ2v) is 9.38. The lowest BCUT2D eigenvalue weighted by Gasteiger charge is -2.43. The largest absolute Gasteiger partial charge is 0.416 e. The first-order valence-corrected chi connectivity index (χ1v) is 10.7. The number of carbonyl (C=O) groups is 1. The number of nitrogens with two attached hydrogens (primary N) is 1. The van der Waals surface area contributed by atoms with Crippen LogP contribution in [0.2, 0.25) is 0 Å². The van der Waals surface area contributed by atoms with E-state index in [2.05, 4.69) is 0 Å². The average molecular weight is 482 g/mol. The number of nitrogens with zero attached hydrogens (tertiary/aromatic N) is 3. The van der Waals surface area contributed by atoms with Gasteiger partial charge in [-0.15, -0.1) is 0 Å². The van der Waals surface area contributed by atoms with Gasteiger partial charge in [-0.25, -0.2) is 0 Å². The topological polar surface area (TPSA) is 113 Å². The molecule has 2 N–H and O–H groups in total. The Hall–Kier alpha value is -4.13. The lowest BCUT2D eigenvalue weighted by molar-refractivity contribution is -0.384. The molecule has 180 valence electrons. The fourth-order valence-corrected chi connectivity index (χ4v) is 4.75. The van der Waals surface area contributed by atoms with Gasteiger partial charge in [0, 0.05) is 35.5 Å². The molecule has 0 radical (unpaired) electrons. The van der Waals surface area contributed by atoms with Crippen molar-refractivity contribution in [3.8, 4) is 6.07 Å². The number of anilines is 1. The maximum absolute atomic E-state index is 13.4. The summed E-state index contributed by atoms with van der Waals surface area (Å²) in [4.78, 5) is 25.3. The Bertz CT molecular complexity index is 1330. The van der Waals surface area contributed by atoms with E-state index in [4.69, 9.17) is 5.73 Å². The highest BCUT2D eigenvalue weighted by atomic mass is 19.4. The standard InChI is InChI=1S/C25H21F3N4O3/c1-24(2)11-19-22(20(33)12-24)21(14-6-8-16(9-7-14)32(34)35)18(13-29)23(30)31(19)17-5-3-4-15(10-17)25(26,27)28/h3-10,21H,11-12,30H2,1-2H3. The van der Waals surface area contributed by atoms with E-state index in [1.165, 1.54) is 41.3 Å². The number of nitriles is 1. The third-order valence-corrected chi connectivity index (χ3v) is 6.25. The van der Waals surface area contributed by atoms with Crippen LogP contribution in [-0.2, 0) is 11.0 Å². The minimum Gasteiger partial charge on any atom is -0.384 e. The van der Waals surface area contributed by atoms with Crippen molar-refractivity contribution < 1.29 is 22.9 Å². The SMILES string of the molecule is CC1(C)CC(=O)C2=C(C1)N(c1cccc(C(F)(F)F)c1)C(N)=C(C#N)C2c1ccc([N+](=O)[O-])cc1. The molecule has 0 bridgehead atoms. The molecule has 4 rings (SSSR count). The number of nitro benzene ring substituents is 1. The lowest BCUT2D eigenvalue weighted by Crippen LogP contribution is -2.42. The second-order valence-electron chi connectivity index (χ2n) is 9.38. The van der Waals surface area contributed by atoms with E-state index >= 15 is 0 Å². The summed E-state index contributed by atoms with van der Waals surface area (Å²) in [5.41, 5.74) is 6.10. The average Bonchev–Trinajstić information content (AvgIpc) is 2.77. The van der Waals surface area contributed by atoms with Gasteiger partial charge >= 0.3 is 6.18 Å². The maximum Gasteiger partial charge on any atom is 0.416 e. The third-order valence-electron chi connectivity index (χ3n) is 6.25. The number of rotatable bonds is 3. The molecule has 1 unspecified atom stereocenters. The van der Waals surface area contributed by atoms with Crippen LogP contribution >= 0.6 is 0 Å². The Balaban J connectivity index is 1.97. The number of carbonyl (C=O) groups excluding carboxylic acids is 1. The van der Waals surface area contributed by atoms with Crippen LogP contribution < -0.4 is 10.6 Å². The van der Waals surface area contributed by atoms with Crippen LogP contribution in [0, 0.1) is 26.9 Å². The van der Waals surface area contributed by atoms with Gasteiger partial charge in [-0.1, -0.05) is 32.0 Å². The highest BCUT2D eigenvalue weighted by Crippen LogP contribution is 2.50. The van der Waals surface area contributed by atoms with Crippen molar-refractivity contribution in [3.05, 3.63) is 92.4 Å². The highest BCUT2D eigenvalue weighted by Gasteiger charge is 2.45. The number of nitro groups is 1. The third kappa shape index (κ3) is 4.25. The number of Topliss-reactive ketones (excluding diaryl/α,β-unsaturated/α-hetero) is 1. The Morgan fingerprint density at radius 1 is 1.17 bits per heavy atom. The van der Waals surface area contributed by atoms with Gasteiger partial charge in [0.05, 0.1) is 28.0 Å². The van der Waals surface area contributed by atoms with E-state index in [9.17, 15) is 33.3 Å². The molecule has 0 fully saturated rings. The van der Waals surface area contributed by atoms with Gasteiger partial charge in [0.2, 0.25) is 0 Å². The zero-order valence-electron chi connectivity index (χ0n) is 18.9. The van der Waals surface area contributed by atoms with Crippen LogP contribution in [0.1, 0.15) is 43.7 Å². The van der Waals surface area contributed by atoms with Gasteiger partial charge in [0.1, 0.15) is 5.82 Å². The normalized spacial score (nSPS) is 19.9. The predicted molar refractivity (Wildman–Crippen MR) is 122 cm³/mol. The minimum absolute atomic E-state index is 0.0110. The van der Waals surface area contributed by atoms with Crippen LogP contribution in [0.15, 0.2) is 71.2 Å². The summed E-state index contributed by atoms with van der Waals surface area (Å²) < 4.78 is 40.3. The Kier molecular flexibility index (Phi) is 5.67. The number of ketones is 1. The van der Waals surface area contributed by atoms with Crippen LogP contribution in [0.25, 0.3) is 0 Å². The maximum atomic E-state index is 13.4. The summed E-state index contributed by atoms with van der Waals surface area (Å²) in [6.07, 6.45) is -4.10. The van der Waals surface area contributed by atoms with Crippen molar-refractivity contribution >= 4 is 17.2 Å². The van der Waals surface area contributed by atoms with Crippen molar-refractivity contribution in [2.75, 3.05) is 4.90 Å². The molecule has 2 aromatic rings. The zero-order chi connectivity index (χ0) is 25.7. The minimum atomic E-state index is -4.59. The highest BCUT2D eigenvalue weighted by molar-refractivity contribution is 6.01. The molecule has 10 heteroatoms. The van der Waals surface area contributed by atoms with E-state index < -0.39 is 28.0 Å². The number of hydrogen-bond acceptors (Lipinski definition) is 6. The van der Waals surface area contributed by atoms with Crippen molar-refractivity contribution in [2.24, 2.45) is 11.1 Å². The van der Waals surface area contributed by atoms with E-state index in [-0.39, 0.29) is 40.5 Å². The van der Waals surface area contributed by atoms with Crippen molar-refractivity contribution in [2.45, 2.75) is 38.8 Å². The van der Waals surface area contributed by atoms with Crippen molar-refractivity contribution in [3.63, 3.8) is 0 Å². The van der Waals surface area contributed by atoms with Gasteiger partial charge in [-0.05, 0) is 35.6 Å². The first-order chi connectivity index (χ1) is 16.3. The number of allylic oxidation sites excluding steroid dienone is 3. The first kappa shape index (κ1) is 24.0. The van der Waals surface area contributed by atoms with Crippen LogP contribution in [0.5, 0.6) is 0 Å². The monoisotopic (exact) mass is 482 g/mol. The summed E-state index contributed by atoms with van der Waals surface area (Å²) >= 11 is 0. The molecule has 1 atom stereocenters. The Morgan fingerprint density at radius 2 is 1.83 bits per heavy atom. The fourth-order valence-electron chi connectivity index (χ4n) is 4.75. The molecule has 0 amide bonds. The summed E-state index contributed by atoms with van der Waals surface area (Å²) in [5, 5.41) is 21.1. The molecule has 0 saturated carbocycles. The summed E-state index contributed by atoms with van der Waals surface area (Å²) in [7, 11) is 0. The predicted octanol–water partition coefficient (Wildman–Crippen LogP) is 5.55. The lowest BCUT2D eigenvalue weighted by atomic mass is 9.68. The van der Waals surface area contributed by atoms with E-state index in [1.807, 2.05) is 19.9 Å². The number of hydrogen-bond donors (Lipinski definition) is 1.